The third kappa shape index (κ3) is 5.06. The van der Waals surface area contributed by atoms with Crippen LogP contribution < -0.4 is 0 Å². The number of aromatic nitrogens is 5. The van der Waals surface area contributed by atoms with Crippen molar-refractivity contribution in [1.29, 1.82) is 0 Å². The van der Waals surface area contributed by atoms with E-state index >= 15 is 0 Å². The van der Waals surface area contributed by atoms with Crippen LogP contribution in [0.25, 0.3) is 100 Å². The third-order valence-electron chi connectivity index (χ3n) is 10.8. The minimum absolute atomic E-state index is 0.568. The summed E-state index contributed by atoms with van der Waals surface area (Å²) >= 11 is 0. The van der Waals surface area contributed by atoms with E-state index in [1.807, 2.05) is 18.2 Å². The Labute approximate surface area is 323 Å². The lowest BCUT2D eigenvalue weighted by Crippen LogP contribution is -2.08. The fourth-order valence-corrected chi connectivity index (χ4v) is 8.35. The molecule has 0 aliphatic rings. The Hall–Kier alpha value is -7.63. The minimum Gasteiger partial charge on any atom is -0.307 e. The Bertz CT molecular complexity index is 3090. The molecule has 3 heterocycles. The molecular formula is C51H33N5. The molecule has 8 aromatic carbocycles. The van der Waals surface area contributed by atoms with Crippen molar-refractivity contribution in [3.63, 3.8) is 0 Å². The van der Waals surface area contributed by atoms with E-state index < -0.39 is 0 Å². The smallest absolute Gasteiger partial charge is 0.238 e. The fourth-order valence-electron chi connectivity index (χ4n) is 8.35. The largest absolute Gasteiger partial charge is 0.307 e. The molecule has 56 heavy (non-hydrogen) atoms. The van der Waals surface area contributed by atoms with Crippen LogP contribution in [0.3, 0.4) is 0 Å². The fraction of sp³-hybridized carbons (Fsp3) is 0. The Morgan fingerprint density at radius 1 is 0.286 bits per heavy atom. The summed E-state index contributed by atoms with van der Waals surface area (Å²) in [5, 5.41) is 4.67. The van der Waals surface area contributed by atoms with Gasteiger partial charge in [-0.15, -0.1) is 0 Å². The van der Waals surface area contributed by atoms with Gasteiger partial charge >= 0.3 is 0 Å². The number of hydrogen-bond acceptors (Lipinski definition) is 3. The first-order chi connectivity index (χ1) is 27.8. The molecule has 3 aromatic heterocycles. The molecular weight excluding hydrogens is 683 g/mol. The van der Waals surface area contributed by atoms with Crippen molar-refractivity contribution in [3.05, 3.63) is 200 Å². The van der Waals surface area contributed by atoms with Gasteiger partial charge in [0.25, 0.3) is 0 Å². The number of rotatable bonds is 6. The van der Waals surface area contributed by atoms with Crippen LogP contribution in [0.1, 0.15) is 0 Å². The average molecular weight is 716 g/mol. The molecule has 0 atom stereocenters. The first-order valence-corrected chi connectivity index (χ1v) is 18.9. The maximum atomic E-state index is 5.39. The molecule has 0 saturated carbocycles. The molecule has 0 spiro atoms. The molecule has 0 aliphatic carbocycles. The maximum Gasteiger partial charge on any atom is 0.238 e. The van der Waals surface area contributed by atoms with E-state index in [1.54, 1.807) is 0 Å². The summed E-state index contributed by atoms with van der Waals surface area (Å²) in [4.78, 5) is 15.9. The molecule has 5 nitrogen and oxygen atoms in total. The zero-order chi connectivity index (χ0) is 37.0. The van der Waals surface area contributed by atoms with Gasteiger partial charge in [-0.25, -0.2) is 4.98 Å². The highest BCUT2D eigenvalue weighted by molar-refractivity contribution is 6.17. The number of benzene rings is 8. The lowest BCUT2D eigenvalue weighted by Gasteiger charge is -2.17. The molecule has 0 fully saturated rings. The molecule has 0 N–H and O–H groups in total. The van der Waals surface area contributed by atoms with E-state index in [2.05, 4.69) is 191 Å². The van der Waals surface area contributed by atoms with Crippen LogP contribution in [0.2, 0.25) is 0 Å². The van der Waals surface area contributed by atoms with Crippen molar-refractivity contribution in [2.45, 2.75) is 0 Å². The van der Waals surface area contributed by atoms with Gasteiger partial charge in [0.15, 0.2) is 11.6 Å². The summed E-state index contributed by atoms with van der Waals surface area (Å²) in [6.45, 7) is 0. The predicted molar refractivity (Wildman–Crippen MR) is 230 cm³/mol. The zero-order valence-electron chi connectivity index (χ0n) is 30.3. The SMILES string of the molecule is c1ccc(-c2nc(-c3ccccc3-n3c4c(-c5ccccc5)cccc4c4cccc(-c5ccccc5)c43)nc(-n3c4ccccc4c4ccccc43)n2)cc1. The molecule has 11 aromatic rings. The van der Waals surface area contributed by atoms with Gasteiger partial charge in [0.05, 0.1) is 27.8 Å². The van der Waals surface area contributed by atoms with Gasteiger partial charge in [-0.3, -0.25) is 4.57 Å². The molecule has 262 valence electrons. The number of fused-ring (bicyclic) bond motifs is 6. The van der Waals surface area contributed by atoms with E-state index in [-0.39, 0.29) is 0 Å². The van der Waals surface area contributed by atoms with Crippen molar-refractivity contribution in [3.8, 4) is 56.7 Å². The van der Waals surface area contributed by atoms with Crippen LogP contribution in [-0.4, -0.2) is 24.1 Å². The quantitative estimate of drug-likeness (QED) is 0.172. The Balaban J connectivity index is 1.26. The summed E-state index contributed by atoms with van der Waals surface area (Å²) in [5.41, 5.74) is 11.8. The standard InChI is InChI=1S/C51H33N5/c1-4-18-34(19-5-1)37-27-16-29-41-42-30-17-28-38(35-20-6-2-7-21-35)48(42)56(47(37)41)46-33-15-12-26-43(46)50-52-49(36-22-8-3-9-23-36)53-51(54-50)55-44-31-13-10-24-39(44)40-25-11-14-32-45(40)55/h1-33H. The highest BCUT2D eigenvalue weighted by Gasteiger charge is 2.24. The van der Waals surface area contributed by atoms with E-state index in [0.29, 0.717) is 17.6 Å². The van der Waals surface area contributed by atoms with E-state index in [0.717, 1.165) is 71.9 Å². The van der Waals surface area contributed by atoms with Gasteiger partial charge in [-0.2, -0.15) is 9.97 Å². The highest BCUT2D eigenvalue weighted by atomic mass is 15.2. The van der Waals surface area contributed by atoms with Crippen LogP contribution in [0.5, 0.6) is 0 Å². The summed E-state index contributed by atoms with van der Waals surface area (Å²) in [5.74, 6) is 1.77. The lowest BCUT2D eigenvalue weighted by atomic mass is 10.0. The number of nitrogens with zero attached hydrogens (tertiary/aromatic N) is 5. The van der Waals surface area contributed by atoms with Crippen molar-refractivity contribution in [1.82, 2.24) is 24.1 Å². The predicted octanol–water partition coefficient (Wildman–Crippen LogP) is 12.7. The third-order valence-corrected chi connectivity index (χ3v) is 10.8. The van der Waals surface area contributed by atoms with Gasteiger partial charge in [0.1, 0.15) is 0 Å². The normalized spacial score (nSPS) is 11.6. The second-order valence-corrected chi connectivity index (χ2v) is 14.0. The molecule has 5 heteroatoms. The van der Waals surface area contributed by atoms with Crippen LogP contribution in [0.4, 0.5) is 0 Å². The Morgan fingerprint density at radius 2 is 0.714 bits per heavy atom. The monoisotopic (exact) mass is 715 g/mol. The second-order valence-electron chi connectivity index (χ2n) is 14.0. The van der Waals surface area contributed by atoms with Crippen molar-refractivity contribution < 1.29 is 0 Å². The van der Waals surface area contributed by atoms with Crippen molar-refractivity contribution >= 4 is 43.6 Å². The molecule has 0 aliphatic heterocycles. The molecule has 0 bridgehead atoms. The van der Waals surface area contributed by atoms with E-state index in [4.69, 9.17) is 15.0 Å². The first kappa shape index (κ1) is 31.9. The second kappa shape index (κ2) is 13.0. The Morgan fingerprint density at radius 3 is 1.29 bits per heavy atom. The lowest BCUT2D eigenvalue weighted by molar-refractivity contribution is 0.951. The Kier molecular flexibility index (Phi) is 7.42. The van der Waals surface area contributed by atoms with Gasteiger partial charge in [-0.05, 0) is 35.4 Å². The number of para-hydroxylation sites is 5. The van der Waals surface area contributed by atoms with Crippen molar-refractivity contribution in [2.24, 2.45) is 0 Å². The van der Waals surface area contributed by atoms with Gasteiger partial charge in [-0.1, -0.05) is 176 Å². The van der Waals surface area contributed by atoms with Crippen LogP contribution in [0, 0.1) is 0 Å². The van der Waals surface area contributed by atoms with Gasteiger partial charge in [0.2, 0.25) is 5.95 Å². The summed E-state index contributed by atoms with van der Waals surface area (Å²) in [6.07, 6.45) is 0. The van der Waals surface area contributed by atoms with Crippen LogP contribution in [-0.2, 0) is 0 Å². The number of hydrogen-bond donors (Lipinski definition) is 0. The molecule has 0 unspecified atom stereocenters. The summed E-state index contributed by atoms with van der Waals surface area (Å²) in [6, 6.07) is 70.3. The van der Waals surface area contributed by atoms with E-state index in [1.165, 1.54) is 10.8 Å². The summed E-state index contributed by atoms with van der Waals surface area (Å²) < 4.78 is 4.61. The van der Waals surface area contributed by atoms with Crippen molar-refractivity contribution in [2.75, 3.05) is 0 Å². The first-order valence-electron chi connectivity index (χ1n) is 18.9. The van der Waals surface area contributed by atoms with Crippen LogP contribution in [0.15, 0.2) is 200 Å². The highest BCUT2D eigenvalue weighted by Crippen LogP contribution is 2.43. The zero-order valence-corrected chi connectivity index (χ0v) is 30.3. The molecule has 11 rings (SSSR count). The van der Waals surface area contributed by atoms with Gasteiger partial charge in [0, 0.05) is 43.8 Å². The molecule has 0 saturated heterocycles. The van der Waals surface area contributed by atoms with E-state index in [9.17, 15) is 0 Å². The molecule has 0 radical (unpaired) electrons. The van der Waals surface area contributed by atoms with Crippen LogP contribution >= 0.6 is 0 Å². The molecule has 0 amide bonds. The maximum absolute atomic E-state index is 5.39. The van der Waals surface area contributed by atoms with Gasteiger partial charge < -0.3 is 4.57 Å². The average Bonchev–Trinajstić information content (AvgIpc) is 3.80. The summed E-state index contributed by atoms with van der Waals surface area (Å²) in [7, 11) is 0. The minimum atomic E-state index is 0.568. The topological polar surface area (TPSA) is 48.5 Å².